The van der Waals surface area contributed by atoms with Crippen molar-refractivity contribution in [3.8, 4) is 0 Å². The van der Waals surface area contributed by atoms with Crippen molar-refractivity contribution in [2.75, 3.05) is 5.33 Å². The summed E-state index contributed by atoms with van der Waals surface area (Å²) < 4.78 is 1.88. The zero-order chi connectivity index (χ0) is 8.65. The molecule has 0 aliphatic carbocycles. The van der Waals surface area contributed by atoms with Gasteiger partial charge in [0.2, 0.25) is 0 Å². The molecule has 0 saturated heterocycles. The SMILES string of the molecule is BrCCCCCCn1ccnn1. The van der Waals surface area contributed by atoms with Crippen LogP contribution in [0, 0.1) is 0 Å². The largest absolute Gasteiger partial charge is 0.253 e. The minimum Gasteiger partial charge on any atom is -0.253 e. The van der Waals surface area contributed by atoms with Crippen LogP contribution in [0.5, 0.6) is 0 Å². The third-order valence-corrected chi connectivity index (χ3v) is 2.30. The Morgan fingerprint density at radius 1 is 1.17 bits per heavy atom. The number of nitrogens with zero attached hydrogens (tertiary/aromatic N) is 3. The maximum absolute atomic E-state index is 3.89. The van der Waals surface area contributed by atoms with Gasteiger partial charge in [0, 0.05) is 18.1 Å². The molecule has 1 heterocycles. The van der Waals surface area contributed by atoms with Crippen LogP contribution < -0.4 is 0 Å². The van der Waals surface area contributed by atoms with E-state index in [-0.39, 0.29) is 0 Å². The molecule has 0 N–H and O–H groups in total. The zero-order valence-electron chi connectivity index (χ0n) is 7.12. The fourth-order valence-corrected chi connectivity index (χ4v) is 1.47. The number of rotatable bonds is 6. The van der Waals surface area contributed by atoms with Crippen molar-refractivity contribution < 1.29 is 0 Å². The van der Waals surface area contributed by atoms with Gasteiger partial charge in [0.15, 0.2) is 0 Å². The third kappa shape index (κ3) is 3.85. The standard InChI is InChI=1S/C8H14BrN3/c9-5-3-1-2-4-7-12-8-6-10-11-12/h6,8H,1-5,7H2. The summed E-state index contributed by atoms with van der Waals surface area (Å²) in [5.41, 5.74) is 0. The number of aryl methyl sites for hydroxylation is 1. The molecule has 3 nitrogen and oxygen atoms in total. The van der Waals surface area contributed by atoms with Crippen LogP contribution in [0.25, 0.3) is 0 Å². The monoisotopic (exact) mass is 231 g/mol. The van der Waals surface area contributed by atoms with Gasteiger partial charge in [-0.2, -0.15) is 0 Å². The second kappa shape index (κ2) is 6.17. The Hall–Kier alpha value is -0.380. The molecule has 0 aliphatic rings. The minimum atomic E-state index is 1.00. The van der Waals surface area contributed by atoms with Crippen LogP contribution in [-0.4, -0.2) is 20.3 Å². The first kappa shape index (κ1) is 9.71. The average molecular weight is 232 g/mol. The number of hydrogen-bond donors (Lipinski definition) is 0. The lowest BCUT2D eigenvalue weighted by Crippen LogP contribution is -1.98. The second-order valence-electron chi connectivity index (χ2n) is 2.77. The minimum absolute atomic E-state index is 1.00. The summed E-state index contributed by atoms with van der Waals surface area (Å²) in [5.74, 6) is 0. The molecule has 1 aromatic rings. The zero-order valence-corrected chi connectivity index (χ0v) is 8.70. The first-order valence-electron chi connectivity index (χ1n) is 4.33. The number of unbranched alkanes of at least 4 members (excludes halogenated alkanes) is 3. The van der Waals surface area contributed by atoms with Crippen molar-refractivity contribution >= 4 is 15.9 Å². The van der Waals surface area contributed by atoms with E-state index in [9.17, 15) is 0 Å². The Labute approximate surface area is 81.3 Å². The van der Waals surface area contributed by atoms with E-state index in [1.807, 2.05) is 10.9 Å². The maximum atomic E-state index is 3.89. The van der Waals surface area contributed by atoms with Crippen LogP contribution in [0.1, 0.15) is 25.7 Å². The molecule has 1 aromatic heterocycles. The van der Waals surface area contributed by atoms with E-state index in [1.54, 1.807) is 6.20 Å². The van der Waals surface area contributed by atoms with Crippen molar-refractivity contribution in [2.24, 2.45) is 0 Å². The first-order chi connectivity index (χ1) is 5.93. The molecule has 0 fully saturated rings. The number of halogens is 1. The van der Waals surface area contributed by atoms with Crippen molar-refractivity contribution in [3.63, 3.8) is 0 Å². The van der Waals surface area contributed by atoms with Gasteiger partial charge < -0.3 is 0 Å². The lowest BCUT2D eigenvalue weighted by atomic mass is 10.2. The van der Waals surface area contributed by atoms with Crippen LogP contribution in [0.3, 0.4) is 0 Å². The molecule has 0 radical (unpaired) electrons. The lowest BCUT2D eigenvalue weighted by Gasteiger charge is -1.99. The predicted octanol–water partition coefficient (Wildman–Crippen LogP) is 2.23. The Morgan fingerprint density at radius 2 is 2.00 bits per heavy atom. The number of hydrogen-bond acceptors (Lipinski definition) is 2. The molecule has 0 saturated carbocycles. The summed E-state index contributed by atoms with van der Waals surface area (Å²) in [7, 11) is 0. The fourth-order valence-electron chi connectivity index (χ4n) is 1.07. The molecule has 12 heavy (non-hydrogen) atoms. The van der Waals surface area contributed by atoms with Crippen molar-refractivity contribution in [1.29, 1.82) is 0 Å². The Bertz CT molecular complexity index is 186. The van der Waals surface area contributed by atoms with Gasteiger partial charge in [-0.25, -0.2) is 0 Å². The fraction of sp³-hybridized carbons (Fsp3) is 0.750. The van der Waals surface area contributed by atoms with E-state index in [0.29, 0.717) is 0 Å². The van der Waals surface area contributed by atoms with Gasteiger partial charge in [0.1, 0.15) is 0 Å². The molecule has 4 heteroatoms. The summed E-state index contributed by atoms with van der Waals surface area (Å²) in [6, 6.07) is 0. The molecule has 0 atom stereocenters. The van der Waals surface area contributed by atoms with Crippen LogP contribution >= 0.6 is 15.9 Å². The molecule has 0 unspecified atom stereocenters. The summed E-state index contributed by atoms with van der Waals surface area (Å²) >= 11 is 3.41. The van der Waals surface area contributed by atoms with Crippen LogP contribution in [0.2, 0.25) is 0 Å². The predicted molar refractivity (Wildman–Crippen MR) is 52.3 cm³/mol. The van der Waals surface area contributed by atoms with E-state index in [2.05, 4.69) is 26.2 Å². The van der Waals surface area contributed by atoms with Gasteiger partial charge in [-0.1, -0.05) is 34.0 Å². The van der Waals surface area contributed by atoms with Crippen molar-refractivity contribution in [1.82, 2.24) is 15.0 Å². The Balaban J connectivity index is 1.96. The van der Waals surface area contributed by atoms with E-state index >= 15 is 0 Å². The molecule has 0 aliphatic heterocycles. The summed E-state index contributed by atoms with van der Waals surface area (Å²) in [6.07, 6.45) is 8.70. The number of aromatic nitrogens is 3. The molecule has 68 valence electrons. The quantitative estimate of drug-likeness (QED) is 0.556. The third-order valence-electron chi connectivity index (χ3n) is 1.74. The van der Waals surface area contributed by atoms with Gasteiger partial charge in [-0.15, -0.1) is 5.10 Å². The van der Waals surface area contributed by atoms with Crippen LogP contribution in [0.4, 0.5) is 0 Å². The Kier molecular flexibility index (Phi) is 4.99. The van der Waals surface area contributed by atoms with Gasteiger partial charge in [-0.3, -0.25) is 4.68 Å². The second-order valence-corrected chi connectivity index (χ2v) is 3.56. The van der Waals surface area contributed by atoms with E-state index in [4.69, 9.17) is 0 Å². The van der Waals surface area contributed by atoms with Crippen LogP contribution in [-0.2, 0) is 6.54 Å². The Morgan fingerprint density at radius 3 is 2.67 bits per heavy atom. The molecule has 0 bridgehead atoms. The van der Waals surface area contributed by atoms with Gasteiger partial charge in [0.05, 0.1) is 6.20 Å². The summed E-state index contributed by atoms with van der Waals surface area (Å²) in [5, 5.41) is 8.76. The maximum Gasteiger partial charge on any atom is 0.0692 e. The van der Waals surface area contributed by atoms with E-state index in [1.165, 1.54) is 25.7 Å². The molecular weight excluding hydrogens is 218 g/mol. The van der Waals surface area contributed by atoms with Gasteiger partial charge in [0.25, 0.3) is 0 Å². The normalized spacial score (nSPS) is 10.4. The highest BCUT2D eigenvalue weighted by molar-refractivity contribution is 9.09. The topological polar surface area (TPSA) is 30.7 Å². The lowest BCUT2D eigenvalue weighted by molar-refractivity contribution is 0.528. The van der Waals surface area contributed by atoms with E-state index < -0.39 is 0 Å². The van der Waals surface area contributed by atoms with Crippen molar-refractivity contribution in [3.05, 3.63) is 12.4 Å². The van der Waals surface area contributed by atoms with Crippen LogP contribution in [0.15, 0.2) is 12.4 Å². The molecule has 0 aromatic carbocycles. The first-order valence-corrected chi connectivity index (χ1v) is 5.45. The molecule has 0 spiro atoms. The highest BCUT2D eigenvalue weighted by Gasteiger charge is 1.91. The van der Waals surface area contributed by atoms with Gasteiger partial charge >= 0.3 is 0 Å². The molecular formula is C8H14BrN3. The van der Waals surface area contributed by atoms with Gasteiger partial charge in [-0.05, 0) is 12.8 Å². The highest BCUT2D eigenvalue weighted by Crippen LogP contribution is 2.02. The smallest absolute Gasteiger partial charge is 0.0692 e. The van der Waals surface area contributed by atoms with E-state index in [0.717, 1.165) is 11.9 Å². The molecule has 0 amide bonds. The molecule has 1 rings (SSSR count). The average Bonchev–Trinajstić information content (AvgIpc) is 2.57. The highest BCUT2D eigenvalue weighted by atomic mass is 79.9. The summed E-state index contributed by atoms with van der Waals surface area (Å²) in [4.78, 5) is 0. The number of alkyl halides is 1. The summed E-state index contributed by atoms with van der Waals surface area (Å²) in [6.45, 7) is 1.00. The van der Waals surface area contributed by atoms with Crippen molar-refractivity contribution in [2.45, 2.75) is 32.2 Å².